The van der Waals surface area contributed by atoms with Gasteiger partial charge < -0.3 is 9.64 Å². The van der Waals surface area contributed by atoms with Crippen molar-refractivity contribution >= 4 is 15.9 Å². The van der Waals surface area contributed by atoms with E-state index in [0.29, 0.717) is 6.54 Å². The van der Waals surface area contributed by atoms with E-state index in [-0.39, 0.29) is 29.0 Å². The molecule has 0 aromatic heterocycles. The van der Waals surface area contributed by atoms with Crippen LogP contribution in [-0.2, 0) is 14.8 Å². The molecule has 0 saturated carbocycles. The van der Waals surface area contributed by atoms with Gasteiger partial charge in [0.2, 0.25) is 15.9 Å². The van der Waals surface area contributed by atoms with Crippen molar-refractivity contribution < 1.29 is 17.9 Å². The second-order valence-electron chi connectivity index (χ2n) is 7.16. The fourth-order valence-corrected chi connectivity index (χ4v) is 4.84. The SMILES string of the molecule is COc1ccc([C@H]2CCCCCN2C(=O)CNS(=O)(=O)c2ccccc2C#N)cc1. The molecule has 0 radical (unpaired) electrons. The lowest BCUT2D eigenvalue weighted by Gasteiger charge is -2.30. The zero-order valence-electron chi connectivity index (χ0n) is 16.9. The van der Waals surface area contributed by atoms with Gasteiger partial charge in [0.05, 0.1) is 30.2 Å². The molecule has 1 N–H and O–H groups in total. The Morgan fingerprint density at radius 3 is 2.60 bits per heavy atom. The van der Waals surface area contributed by atoms with Gasteiger partial charge in [0.25, 0.3) is 0 Å². The Hall–Kier alpha value is -2.89. The molecule has 3 rings (SSSR count). The summed E-state index contributed by atoms with van der Waals surface area (Å²) >= 11 is 0. The molecule has 1 atom stereocenters. The maximum absolute atomic E-state index is 13.0. The number of benzene rings is 2. The van der Waals surface area contributed by atoms with E-state index in [4.69, 9.17) is 10.00 Å². The van der Waals surface area contributed by atoms with E-state index >= 15 is 0 Å². The van der Waals surface area contributed by atoms with Crippen LogP contribution in [0.5, 0.6) is 5.75 Å². The Bertz CT molecular complexity index is 1030. The Kier molecular flexibility index (Phi) is 7.08. The molecule has 1 aliphatic heterocycles. The number of hydrogen-bond donors (Lipinski definition) is 1. The number of ether oxygens (including phenoxy) is 1. The molecule has 158 valence electrons. The Labute approximate surface area is 177 Å². The number of rotatable bonds is 6. The van der Waals surface area contributed by atoms with Crippen LogP contribution in [0.3, 0.4) is 0 Å². The molecule has 1 aliphatic rings. The summed E-state index contributed by atoms with van der Waals surface area (Å²) in [6.45, 7) is 0.223. The van der Waals surface area contributed by atoms with Gasteiger partial charge in [-0.3, -0.25) is 4.79 Å². The molecular weight excluding hydrogens is 402 g/mol. The largest absolute Gasteiger partial charge is 0.497 e. The highest BCUT2D eigenvalue weighted by molar-refractivity contribution is 7.89. The van der Waals surface area contributed by atoms with E-state index in [1.807, 2.05) is 30.3 Å². The third-order valence-electron chi connectivity index (χ3n) is 5.28. The van der Waals surface area contributed by atoms with Gasteiger partial charge in [0, 0.05) is 6.54 Å². The first-order valence-corrected chi connectivity index (χ1v) is 11.4. The number of nitriles is 1. The summed E-state index contributed by atoms with van der Waals surface area (Å²) < 4.78 is 32.9. The van der Waals surface area contributed by atoms with Crippen molar-refractivity contribution in [3.63, 3.8) is 0 Å². The van der Waals surface area contributed by atoms with Gasteiger partial charge in [-0.25, -0.2) is 13.1 Å². The van der Waals surface area contributed by atoms with E-state index in [1.54, 1.807) is 24.1 Å². The third kappa shape index (κ3) is 4.99. The minimum Gasteiger partial charge on any atom is -0.497 e. The highest BCUT2D eigenvalue weighted by Gasteiger charge is 2.28. The Balaban J connectivity index is 1.76. The van der Waals surface area contributed by atoms with Crippen LogP contribution in [0.25, 0.3) is 0 Å². The Morgan fingerprint density at radius 1 is 1.17 bits per heavy atom. The molecule has 2 aromatic rings. The molecular formula is C22H25N3O4S. The third-order valence-corrected chi connectivity index (χ3v) is 6.74. The van der Waals surface area contributed by atoms with Crippen molar-refractivity contribution in [1.82, 2.24) is 9.62 Å². The molecule has 0 aliphatic carbocycles. The second-order valence-corrected chi connectivity index (χ2v) is 8.89. The minimum absolute atomic E-state index is 0.0448. The summed E-state index contributed by atoms with van der Waals surface area (Å²) in [5.74, 6) is 0.463. The number of amides is 1. The summed E-state index contributed by atoms with van der Waals surface area (Å²) in [5, 5.41) is 9.17. The molecule has 0 spiro atoms. The highest BCUT2D eigenvalue weighted by Crippen LogP contribution is 2.31. The van der Waals surface area contributed by atoms with Crippen LogP contribution in [-0.4, -0.2) is 39.4 Å². The van der Waals surface area contributed by atoms with Gasteiger partial charge in [-0.1, -0.05) is 37.1 Å². The fraction of sp³-hybridized carbons (Fsp3) is 0.364. The molecule has 30 heavy (non-hydrogen) atoms. The maximum Gasteiger partial charge on any atom is 0.242 e. The molecule has 8 heteroatoms. The summed E-state index contributed by atoms with van der Waals surface area (Å²) in [6.07, 6.45) is 3.73. The standard InChI is InChI=1S/C22H25N3O4S/c1-29-19-12-10-17(11-13-19)20-8-3-2-6-14-25(20)22(26)16-24-30(27,28)21-9-5-4-7-18(21)15-23/h4-5,7,9-13,20,24H,2-3,6,8,14,16H2,1H3/t20-/m1/s1. The molecule has 2 aromatic carbocycles. The number of carbonyl (C=O) groups excluding carboxylic acids is 1. The van der Waals surface area contributed by atoms with Crippen molar-refractivity contribution in [1.29, 1.82) is 5.26 Å². The lowest BCUT2D eigenvalue weighted by atomic mass is 10.0. The average Bonchev–Trinajstić information content (AvgIpc) is 3.04. The second kappa shape index (κ2) is 9.74. The number of carbonyl (C=O) groups is 1. The zero-order chi connectivity index (χ0) is 21.6. The van der Waals surface area contributed by atoms with Crippen molar-refractivity contribution in [2.45, 2.75) is 36.6 Å². The highest BCUT2D eigenvalue weighted by atomic mass is 32.2. The van der Waals surface area contributed by atoms with Crippen LogP contribution in [0.4, 0.5) is 0 Å². The van der Waals surface area contributed by atoms with Crippen LogP contribution in [0, 0.1) is 11.3 Å². The molecule has 1 heterocycles. The number of hydrogen-bond acceptors (Lipinski definition) is 5. The van der Waals surface area contributed by atoms with Crippen LogP contribution in [0.1, 0.15) is 42.9 Å². The van der Waals surface area contributed by atoms with E-state index in [0.717, 1.165) is 37.0 Å². The van der Waals surface area contributed by atoms with Gasteiger partial charge in [-0.05, 0) is 42.7 Å². The molecule has 7 nitrogen and oxygen atoms in total. The molecule has 1 amide bonds. The van der Waals surface area contributed by atoms with Gasteiger partial charge in [-0.2, -0.15) is 5.26 Å². The molecule has 0 bridgehead atoms. The predicted octanol–water partition coefficient (Wildman–Crippen LogP) is 2.99. The smallest absolute Gasteiger partial charge is 0.242 e. The summed E-state index contributed by atoms with van der Waals surface area (Å²) in [4.78, 5) is 14.6. The molecule has 0 unspecified atom stereocenters. The fourth-order valence-electron chi connectivity index (χ4n) is 3.71. The topological polar surface area (TPSA) is 99.5 Å². The lowest BCUT2D eigenvalue weighted by Crippen LogP contribution is -2.42. The van der Waals surface area contributed by atoms with Gasteiger partial charge in [0.15, 0.2) is 0 Å². The Morgan fingerprint density at radius 2 is 1.90 bits per heavy atom. The zero-order valence-corrected chi connectivity index (χ0v) is 17.7. The van der Waals surface area contributed by atoms with Crippen molar-refractivity contribution in [3.05, 3.63) is 59.7 Å². The number of nitrogens with one attached hydrogen (secondary N) is 1. The molecule has 1 fully saturated rings. The molecule has 1 saturated heterocycles. The van der Waals surface area contributed by atoms with Crippen molar-refractivity contribution in [3.8, 4) is 11.8 Å². The number of likely N-dealkylation sites (tertiary alicyclic amines) is 1. The monoisotopic (exact) mass is 427 g/mol. The van der Waals surface area contributed by atoms with E-state index < -0.39 is 10.0 Å². The summed E-state index contributed by atoms with van der Waals surface area (Å²) in [6, 6.07) is 15.3. The van der Waals surface area contributed by atoms with Gasteiger partial charge in [0.1, 0.15) is 11.8 Å². The van der Waals surface area contributed by atoms with Crippen LogP contribution in [0.2, 0.25) is 0 Å². The van der Waals surface area contributed by atoms with E-state index in [2.05, 4.69) is 4.72 Å². The maximum atomic E-state index is 13.0. The van der Waals surface area contributed by atoms with Crippen molar-refractivity contribution in [2.24, 2.45) is 0 Å². The minimum atomic E-state index is -3.97. The van der Waals surface area contributed by atoms with Crippen LogP contribution >= 0.6 is 0 Å². The normalized spacial score (nSPS) is 17.1. The first kappa shape index (κ1) is 21.8. The summed E-state index contributed by atoms with van der Waals surface area (Å²) in [5.41, 5.74) is 1.05. The van der Waals surface area contributed by atoms with Crippen LogP contribution < -0.4 is 9.46 Å². The van der Waals surface area contributed by atoms with E-state index in [9.17, 15) is 13.2 Å². The predicted molar refractivity (Wildman–Crippen MR) is 112 cm³/mol. The summed E-state index contributed by atoms with van der Waals surface area (Å²) in [7, 11) is -2.37. The van der Waals surface area contributed by atoms with Crippen LogP contribution in [0.15, 0.2) is 53.4 Å². The van der Waals surface area contributed by atoms with E-state index in [1.165, 1.54) is 12.1 Å². The first-order valence-electron chi connectivity index (χ1n) is 9.88. The van der Waals surface area contributed by atoms with Gasteiger partial charge >= 0.3 is 0 Å². The van der Waals surface area contributed by atoms with Crippen molar-refractivity contribution in [2.75, 3.05) is 20.2 Å². The number of nitrogens with zero attached hydrogens (tertiary/aromatic N) is 2. The van der Waals surface area contributed by atoms with Gasteiger partial charge in [-0.15, -0.1) is 0 Å². The first-order chi connectivity index (χ1) is 14.5. The average molecular weight is 428 g/mol. The lowest BCUT2D eigenvalue weighted by molar-refractivity contribution is -0.132. The quantitative estimate of drug-likeness (QED) is 0.764. The number of methoxy groups -OCH3 is 1. The number of sulfonamides is 1.